The summed E-state index contributed by atoms with van der Waals surface area (Å²) < 4.78 is 0. The van der Waals surface area contributed by atoms with Gasteiger partial charge in [0.05, 0.1) is 5.54 Å². The summed E-state index contributed by atoms with van der Waals surface area (Å²) in [5.74, 6) is 0. The number of hydrogen-bond donors (Lipinski definition) is 0. The summed E-state index contributed by atoms with van der Waals surface area (Å²) >= 11 is 0. The van der Waals surface area contributed by atoms with Crippen molar-refractivity contribution in [2.45, 2.75) is 232 Å². The highest BCUT2D eigenvalue weighted by molar-refractivity contribution is 7.00. The quantitative estimate of drug-likeness (QED) is 0.163. The van der Waals surface area contributed by atoms with E-state index < -0.39 is 0 Å². The van der Waals surface area contributed by atoms with E-state index >= 15 is 0 Å². The Balaban J connectivity index is 1.15. The fourth-order valence-electron chi connectivity index (χ4n) is 16.5. The summed E-state index contributed by atoms with van der Waals surface area (Å²) in [6, 6.07) is 52.6. The second-order valence-corrected chi connectivity index (χ2v) is 32.8. The molecule has 0 aromatic heterocycles. The lowest BCUT2D eigenvalue weighted by molar-refractivity contribution is 0.195. The van der Waals surface area contributed by atoms with Crippen LogP contribution >= 0.6 is 0 Å². The highest BCUT2D eigenvalue weighted by atomic mass is 15.3. The smallest absolute Gasteiger partial charge is 0.252 e. The Morgan fingerprint density at radius 1 is 0.341 bits per heavy atom. The molecule has 82 heavy (non-hydrogen) atoms. The highest BCUT2D eigenvalue weighted by Crippen LogP contribution is 2.63. The standard InChI is InChI=1S/C78H94BN3/c1-70(2,3)51-25-22-49(23-26-51)50-24-34-64-61(42-50)77(18)36-20-21-37-78(77,19)82(64)56-45-67-69-68(46-56)81(55-32-33-57-58(44-55)74(12,13)39-38-73(57,10)11)66-48-60-59(75(14,15)40-41-76(60,16)17)47-63(66)79(69)62-43-53(72(7,8)9)29-35-65(62)80(67)54-30-27-52(28-31-54)71(4,5)6/h22-35,42-48H,20-21,36-41H2,1-19H3. The van der Waals surface area contributed by atoms with Crippen molar-refractivity contribution in [3.05, 3.63) is 172 Å². The van der Waals surface area contributed by atoms with Crippen LogP contribution in [-0.2, 0) is 43.3 Å². The second-order valence-electron chi connectivity index (χ2n) is 32.8. The number of anilines is 8. The van der Waals surface area contributed by atoms with E-state index in [0.717, 1.165) is 12.8 Å². The molecule has 2 atom stereocenters. The van der Waals surface area contributed by atoms with Crippen molar-refractivity contribution in [3.63, 3.8) is 0 Å². The van der Waals surface area contributed by atoms with Gasteiger partial charge in [-0.05, 0) is 216 Å². The lowest BCUT2D eigenvalue weighted by atomic mass is 9.33. The lowest BCUT2D eigenvalue weighted by Gasteiger charge is -2.51. The molecule has 13 rings (SSSR count). The van der Waals surface area contributed by atoms with E-state index in [0.29, 0.717) is 0 Å². The fourth-order valence-corrected chi connectivity index (χ4v) is 16.5. The van der Waals surface area contributed by atoms with E-state index in [1.807, 2.05) is 0 Å². The van der Waals surface area contributed by atoms with Gasteiger partial charge in [0.25, 0.3) is 6.71 Å². The van der Waals surface area contributed by atoms with Crippen LogP contribution in [0.25, 0.3) is 11.1 Å². The molecule has 2 unspecified atom stereocenters. The Bertz CT molecular complexity index is 3750. The molecule has 0 bridgehead atoms. The first-order valence-corrected chi connectivity index (χ1v) is 31.7. The molecule has 1 saturated carbocycles. The van der Waals surface area contributed by atoms with Crippen LogP contribution in [-0.4, -0.2) is 12.3 Å². The van der Waals surface area contributed by atoms with Crippen LogP contribution in [0.1, 0.15) is 227 Å². The summed E-state index contributed by atoms with van der Waals surface area (Å²) in [4.78, 5) is 8.33. The average molecular weight is 1080 g/mol. The third-order valence-corrected chi connectivity index (χ3v) is 22.4. The summed E-state index contributed by atoms with van der Waals surface area (Å²) in [5, 5.41) is 0. The highest BCUT2D eigenvalue weighted by Gasteiger charge is 2.58. The van der Waals surface area contributed by atoms with Gasteiger partial charge in [-0.15, -0.1) is 0 Å². The number of rotatable bonds is 4. The van der Waals surface area contributed by atoms with Gasteiger partial charge >= 0.3 is 0 Å². The maximum atomic E-state index is 2.86. The van der Waals surface area contributed by atoms with E-state index in [1.54, 1.807) is 0 Å². The predicted molar refractivity (Wildman–Crippen MR) is 355 cm³/mol. The van der Waals surface area contributed by atoms with Crippen LogP contribution in [0.15, 0.2) is 127 Å². The van der Waals surface area contributed by atoms with Gasteiger partial charge in [-0.3, -0.25) is 0 Å². The van der Waals surface area contributed by atoms with Gasteiger partial charge in [0.2, 0.25) is 0 Å². The van der Waals surface area contributed by atoms with Crippen molar-refractivity contribution in [2.75, 3.05) is 14.7 Å². The van der Waals surface area contributed by atoms with Gasteiger partial charge < -0.3 is 14.7 Å². The number of nitrogens with zero attached hydrogens (tertiary/aromatic N) is 3. The van der Waals surface area contributed by atoms with Gasteiger partial charge in [0.15, 0.2) is 0 Å². The minimum atomic E-state index is -0.177. The molecule has 3 aliphatic carbocycles. The maximum absolute atomic E-state index is 2.86. The van der Waals surface area contributed by atoms with Crippen LogP contribution in [0.3, 0.4) is 0 Å². The zero-order chi connectivity index (χ0) is 58.4. The summed E-state index contributed by atoms with van der Waals surface area (Å²) in [5.41, 5.74) is 28.8. The average Bonchev–Trinajstić information content (AvgIpc) is 1.19. The molecule has 0 amide bonds. The Kier molecular flexibility index (Phi) is 12.0. The molecule has 7 aromatic rings. The minimum absolute atomic E-state index is 0.000431. The lowest BCUT2D eigenvalue weighted by Crippen LogP contribution is -2.62. The van der Waals surface area contributed by atoms with Crippen molar-refractivity contribution >= 4 is 68.6 Å². The number of fused-ring (bicyclic) bond motifs is 9. The van der Waals surface area contributed by atoms with Crippen LogP contribution in [0, 0.1) is 0 Å². The van der Waals surface area contributed by atoms with E-state index in [-0.39, 0.29) is 55.6 Å². The molecule has 424 valence electrons. The second kappa shape index (κ2) is 17.8. The molecule has 7 aromatic carbocycles. The third-order valence-electron chi connectivity index (χ3n) is 22.4. The minimum Gasteiger partial charge on any atom is -0.334 e. The summed E-state index contributed by atoms with van der Waals surface area (Å²) in [6.45, 7) is 46.4. The van der Waals surface area contributed by atoms with Gasteiger partial charge in [0, 0.05) is 50.9 Å². The first kappa shape index (κ1) is 55.2. The molecular weight excluding hydrogens is 990 g/mol. The van der Waals surface area contributed by atoms with Crippen LogP contribution < -0.4 is 31.1 Å². The van der Waals surface area contributed by atoms with Gasteiger partial charge in [-0.25, -0.2) is 0 Å². The van der Waals surface area contributed by atoms with Crippen molar-refractivity contribution in [2.24, 2.45) is 0 Å². The fraction of sp³-hybridized carbons (Fsp3) is 0.462. The molecule has 1 fully saturated rings. The largest absolute Gasteiger partial charge is 0.334 e. The van der Waals surface area contributed by atoms with Crippen molar-refractivity contribution in [1.82, 2.24) is 0 Å². The molecule has 0 N–H and O–H groups in total. The van der Waals surface area contributed by atoms with Crippen LogP contribution in [0.4, 0.5) is 45.5 Å². The molecule has 0 radical (unpaired) electrons. The third kappa shape index (κ3) is 8.22. The van der Waals surface area contributed by atoms with Gasteiger partial charge in [-0.2, -0.15) is 0 Å². The van der Waals surface area contributed by atoms with Crippen LogP contribution in [0.5, 0.6) is 0 Å². The molecule has 3 aliphatic heterocycles. The van der Waals surface area contributed by atoms with Gasteiger partial charge in [0.1, 0.15) is 0 Å². The molecule has 0 spiro atoms. The van der Waals surface area contributed by atoms with Crippen molar-refractivity contribution < 1.29 is 0 Å². The first-order valence-electron chi connectivity index (χ1n) is 31.7. The normalized spacial score (nSPS) is 22.6. The van der Waals surface area contributed by atoms with Crippen molar-refractivity contribution in [3.8, 4) is 11.1 Å². The molecule has 6 aliphatic rings. The monoisotopic (exact) mass is 1080 g/mol. The predicted octanol–water partition coefficient (Wildman–Crippen LogP) is 19.8. The molecule has 3 heterocycles. The van der Waals surface area contributed by atoms with E-state index in [2.05, 4.69) is 274 Å². The SMILES string of the molecule is CC(C)(C)c1ccc(-c2ccc3c(c2)C2(C)CCCCC2(C)N3c2cc3c4c(c2)N(c2ccc5c(c2)C(C)(C)CCC5(C)C)c2cc5c(cc2B4c2cc(C(C)(C)C)ccc2N3c2ccc(C(C)(C)C)cc2)C(C)(C)CCC5(C)C)cc1. The zero-order valence-electron chi connectivity index (χ0n) is 53.7. The molecule has 3 nitrogen and oxygen atoms in total. The van der Waals surface area contributed by atoms with E-state index in [4.69, 9.17) is 0 Å². The van der Waals surface area contributed by atoms with E-state index in [9.17, 15) is 0 Å². The number of hydrogen-bond acceptors (Lipinski definition) is 3. The Morgan fingerprint density at radius 3 is 1.39 bits per heavy atom. The Labute approximate surface area is 495 Å². The Morgan fingerprint density at radius 2 is 0.805 bits per heavy atom. The topological polar surface area (TPSA) is 9.72 Å². The number of benzene rings is 7. The maximum Gasteiger partial charge on any atom is 0.252 e. The Hall–Kier alpha value is -6.00. The van der Waals surface area contributed by atoms with Crippen molar-refractivity contribution in [1.29, 1.82) is 0 Å². The van der Waals surface area contributed by atoms with E-state index in [1.165, 1.54) is 156 Å². The molecule has 0 saturated heterocycles. The summed E-state index contributed by atoms with van der Waals surface area (Å²) in [6.07, 6.45) is 9.43. The summed E-state index contributed by atoms with van der Waals surface area (Å²) in [7, 11) is 0. The zero-order valence-corrected chi connectivity index (χ0v) is 53.7. The van der Waals surface area contributed by atoms with Crippen LogP contribution in [0.2, 0.25) is 0 Å². The first-order chi connectivity index (χ1) is 38.2. The van der Waals surface area contributed by atoms with Gasteiger partial charge in [-0.1, -0.05) is 204 Å². The molecule has 4 heteroatoms. The molecular formula is C78H94BN3.